The number of hydrogen-bond donors (Lipinski definition) is 1. The summed E-state index contributed by atoms with van der Waals surface area (Å²) in [5.74, 6) is -0.393. The number of rotatable bonds is 11. The summed E-state index contributed by atoms with van der Waals surface area (Å²) in [7, 11) is -3.66. The highest BCUT2D eigenvalue weighted by Gasteiger charge is 2.27. The fraction of sp³-hybridized carbons (Fsp3) is 0.636. The quantitative estimate of drug-likeness (QED) is 0.496. The highest BCUT2D eigenvalue weighted by molar-refractivity contribution is 7.89. The molecule has 0 aromatic heterocycles. The molecule has 10 heteroatoms. The first kappa shape index (κ1) is 26.1. The maximum atomic E-state index is 13.1. The van der Waals surface area contributed by atoms with Crippen molar-refractivity contribution in [3.05, 3.63) is 18.2 Å². The third-order valence-electron chi connectivity index (χ3n) is 5.19. The van der Waals surface area contributed by atoms with Gasteiger partial charge in [-0.3, -0.25) is 14.5 Å². The SMILES string of the molecule is CCOC(=O)CN(CC(=O)Nc1cc(S(=O)(=O)N2CCCCC2)ccc1OCC)C(C)C. The number of anilines is 1. The van der Waals surface area contributed by atoms with Crippen LogP contribution in [0.2, 0.25) is 0 Å². The number of ether oxygens (including phenoxy) is 2. The predicted molar refractivity (Wildman–Crippen MR) is 122 cm³/mol. The standard InChI is InChI=1S/C22H35N3O6S/c1-5-30-20-11-10-18(32(28,29)25-12-8-7-9-13-25)14-19(20)23-21(26)15-24(17(3)4)16-22(27)31-6-2/h10-11,14,17H,5-9,12-13,15-16H2,1-4H3,(H,23,26). The summed E-state index contributed by atoms with van der Waals surface area (Å²) in [6, 6.07) is 4.45. The van der Waals surface area contributed by atoms with Crippen LogP contribution in [0.5, 0.6) is 5.75 Å². The zero-order valence-electron chi connectivity index (χ0n) is 19.4. The van der Waals surface area contributed by atoms with Crippen LogP contribution in [0.1, 0.15) is 47.0 Å². The molecule has 2 rings (SSSR count). The Kier molecular flexibility index (Phi) is 9.92. The fourth-order valence-electron chi connectivity index (χ4n) is 3.47. The van der Waals surface area contributed by atoms with Crippen LogP contribution in [-0.4, -0.2) is 74.9 Å². The van der Waals surface area contributed by atoms with Crippen molar-refractivity contribution in [1.29, 1.82) is 0 Å². The number of nitrogens with zero attached hydrogens (tertiary/aromatic N) is 2. The molecule has 180 valence electrons. The van der Waals surface area contributed by atoms with Crippen molar-refractivity contribution in [2.45, 2.75) is 57.9 Å². The number of esters is 1. The predicted octanol–water partition coefficient (Wildman–Crippen LogP) is 2.47. The molecular weight excluding hydrogens is 434 g/mol. The maximum Gasteiger partial charge on any atom is 0.320 e. The van der Waals surface area contributed by atoms with E-state index < -0.39 is 16.0 Å². The summed E-state index contributed by atoms with van der Waals surface area (Å²) in [4.78, 5) is 26.4. The molecule has 1 saturated heterocycles. The summed E-state index contributed by atoms with van der Waals surface area (Å²) < 4.78 is 38.2. The van der Waals surface area contributed by atoms with E-state index in [1.54, 1.807) is 17.9 Å². The second kappa shape index (κ2) is 12.2. The molecule has 32 heavy (non-hydrogen) atoms. The van der Waals surface area contributed by atoms with Crippen molar-refractivity contribution in [2.24, 2.45) is 0 Å². The molecule has 9 nitrogen and oxygen atoms in total. The van der Waals surface area contributed by atoms with Gasteiger partial charge >= 0.3 is 5.97 Å². The molecule has 0 spiro atoms. The smallest absolute Gasteiger partial charge is 0.320 e. The highest BCUT2D eigenvalue weighted by atomic mass is 32.2. The summed E-state index contributed by atoms with van der Waals surface area (Å²) >= 11 is 0. The van der Waals surface area contributed by atoms with Crippen LogP contribution < -0.4 is 10.1 Å². The van der Waals surface area contributed by atoms with Crippen LogP contribution in [0.25, 0.3) is 0 Å². The van der Waals surface area contributed by atoms with E-state index in [1.807, 2.05) is 20.8 Å². The lowest BCUT2D eigenvalue weighted by atomic mass is 10.2. The van der Waals surface area contributed by atoms with Gasteiger partial charge in [-0.1, -0.05) is 6.42 Å². The molecule has 0 saturated carbocycles. The van der Waals surface area contributed by atoms with Gasteiger partial charge in [0, 0.05) is 19.1 Å². The van der Waals surface area contributed by atoms with E-state index in [2.05, 4.69) is 5.32 Å². The van der Waals surface area contributed by atoms with Crippen LogP contribution in [0.4, 0.5) is 5.69 Å². The minimum Gasteiger partial charge on any atom is -0.492 e. The number of carbonyl (C=O) groups is 2. The molecule has 1 aromatic rings. The zero-order chi connectivity index (χ0) is 23.7. The Morgan fingerprint density at radius 3 is 2.38 bits per heavy atom. The lowest BCUT2D eigenvalue weighted by molar-refractivity contribution is -0.145. The maximum absolute atomic E-state index is 13.1. The van der Waals surface area contributed by atoms with Gasteiger partial charge in [0.25, 0.3) is 0 Å². The summed E-state index contributed by atoms with van der Waals surface area (Å²) in [6.07, 6.45) is 2.70. The molecule has 1 fully saturated rings. The van der Waals surface area contributed by atoms with Gasteiger partial charge in [-0.2, -0.15) is 4.31 Å². The Balaban J connectivity index is 2.21. The highest BCUT2D eigenvalue weighted by Crippen LogP contribution is 2.30. The minimum atomic E-state index is -3.66. The number of piperidine rings is 1. The van der Waals surface area contributed by atoms with Gasteiger partial charge in [-0.05, 0) is 58.7 Å². The van der Waals surface area contributed by atoms with Gasteiger partial charge in [0.2, 0.25) is 15.9 Å². The van der Waals surface area contributed by atoms with E-state index in [0.29, 0.717) is 25.4 Å². The number of sulfonamides is 1. The van der Waals surface area contributed by atoms with E-state index in [9.17, 15) is 18.0 Å². The first-order valence-electron chi connectivity index (χ1n) is 11.2. The van der Waals surface area contributed by atoms with Gasteiger partial charge in [-0.25, -0.2) is 8.42 Å². The van der Waals surface area contributed by atoms with Crippen LogP contribution in [0.3, 0.4) is 0 Å². The Morgan fingerprint density at radius 2 is 1.78 bits per heavy atom. The monoisotopic (exact) mass is 469 g/mol. The zero-order valence-corrected chi connectivity index (χ0v) is 20.2. The molecule has 1 amide bonds. The third kappa shape index (κ3) is 7.18. The molecule has 1 aromatic carbocycles. The fourth-order valence-corrected chi connectivity index (χ4v) is 5.01. The van der Waals surface area contributed by atoms with Gasteiger partial charge in [-0.15, -0.1) is 0 Å². The number of benzene rings is 1. The average Bonchev–Trinajstić information content (AvgIpc) is 2.75. The second-order valence-corrected chi connectivity index (χ2v) is 9.85. The van der Waals surface area contributed by atoms with Crippen LogP contribution in [0.15, 0.2) is 23.1 Å². The lowest BCUT2D eigenvalue weighted by Gasteiger charge is -2.26. The Morgan fingerprint density at radius 1 is 1.09 bits per heavy atom. The average molecular weight is 470 g/mol. The number of amides is 1. The van der Waals surface area contributed by atoms with Crippen molar-refractivity contribution < 1.29 is 27.5 Å². The number of hydrogen-bond acceptors (Lipinski definition) is 7. The molecular formula is C22H35N3O6S. The van der Waals surface area contributed by atoms with Crippen molar-refractivity contribution in [3.8, 4) is 5.75 Å². The Hall–Kier alpha value is -2.17. The van der Waals surface area contributed by atoms with Crippen molar-refractivity contribution >= 4 is 27.6 Å². The van der Waals surface area contributed by atoms with E-state index in [1.165, 1.54) is 16.4 Å². The van der Waals surface area contributed by atoms with E-state index in [0.717, 1.165) is 19.3 Å². The van der Waals surface area contributed by atoms with Crippen molar-refractivity contribution in [1.82, 2.24) is 9.21 Å². The molecule has 0 atom stereocenters. The topological polar surface area (TPSA) is 105 Å². The lowest BCUT2D eigenvalue weighted by Crippen LogP contribution is -2.41. The van der Waals surface area contributed by atoms with Crippen molar-refractivity contribution in [2.75, 3.05) is 44.7 Å². The van der Waals surface area contributed by atoms with E-state index in [4.69, 9.17) is 9.47 Å². The Bertz CT molecular complexity index is 882. The molecule has 0 bridgehead atoms. The van der Waals surface area contributed by atoms with Crippen LogP contribution in [-0.2, 0) is 24.3 Å². The molecule has 0 radical (unpaired) electrons. The van der Waals surface area contributed by atoms with E-state index in [-0.39, 0.29) is 42.2 Å². The Labute approximate surface area is 191 Å². The third-order valence-corrected chi connectivity index (χ3v) is 7.09. The molecule has 1 heterocycles. The molecule has 1 aliphatic heterocycles. The van der Waals surface area contributed by atoms with Gasteiger partial charge in [0.15, 0.2) is 0 Å². The van der Waals surface area contributed by atoms with Gasteiger partial charge in [0.05, 0.1) is 36.9 Å². The number of carbonyl (C=O) groups excluding carboxylic acids is 2. The van der Waals surface area contributed by atoms with Crippen LogP contribution >= 0.6 is 0 Å². The summed E-state index contributed by atoms with van der Waals surface area (Å²) in [6.45, 7) is 8.85. The van der Waals surface area contributed by atoms with Crippen molar-refractivity contribution in [3.63, 3.8) is 0 Å². The minimum absolute atomic E-state index is 0.0133. The normalized spacial score (nSPS) is 15.1. The van der Waals surface area contributed by atoms with E-state index >= 15 is 0 Å². The van der Waals surface area contributed by atoms with Crippen LogP contribution in [0, 0.1) is 0 Å². The molecule has 0 unspecified atom stereocenters. The van der Waals surface area contributed by atoms with Gasteiger partial charge < -0.3 is 14.8 Å². The largest absolute Gasteiger partial charge is 0.492 e. The molecule has 0 aliphatic carbocycles. The van der Waals surface area contributed by atoms with Gasteiger partial charge in [0.1, 0.15) is 5.75 Å². The molecule has 1 N–H and O–H groups in total. The first-order valence-corrected chi connectivity index (χ1v) is 12.6. The number of nitrogens with one attached hydrogen (secondary N) is 1. The molecule has 1 aliphatic rings. The second-order valence-electron chi connectivity index (χ2n) is 7.91. The summed E-state index contributed by atoms with van der Waals surface area (Å²) in [5, 5.41) is 2.76. The first-order chi connectivity index (χ1) is 15.2. The summed E-state index contributed by atoms with van der Waals surface area (Å²) in [5.41, 5.74) is 0.287.